The van der Waals surface area contributed by atoms with Crippen LogP contribution in [-0.4, -0.2) is 36.6 Å². The van der Waals surface area contributed by atoms with Gasteiger partial charge >= 0.3 is 0 Å². The molecule has 84 valence electrons. The van der Waals surface area contributed by atoms with Crippen LogP contribution in [0.1, 0.15) is 38.5 Å². The molecule has 15 heavy (non-hydrogen) atoms. The molecule has 0 aromatic carbocycles. The Kier molecular flexibility index (Phi) is 3.99. The van der Waals surface area contributed by atoms with Crippen LogP contribution in [0.4, 0.5) is 0 Å². The highest BCUT2D eigenvalue weighted by Gasteiger charge is 2.30. The number of hydrogen-bond acceptors (Lipinski definition) is 3. The molecule has 2 rings (SSSR count). The van der Waals surface area contributed by atoms with Gasteiger partial charge in [-0.25, -0.2) is 0 Å². The lowest BCUT2D eigenvalue weighted by Gasteiger charge is -2.38. The number of nitrogens with one attached hydrogen (secondary N) is 1. The second-order valence-corrected chi connectivity index (χ2v) is 4.71. The van der Waals surface area contributed by atoms with E-state index in [1.807, 2.05) is 0 Å². The van der Waals surface area contributed by atoms with Crippen LogP contribution in [0.15, 0.2) is 0 Å². The first kappa shape index (κ1) is 10.9. The summed E-state index contributed by atoms with van der Waals surface area (Å²) in [4.78, 5) is 2.54. The summed E-state index contributed by atoms with van der Waals surface area (Å²) in [5, 5.41) is 12.3. The van der Waals surface area contributed by atoms with Gasteiger partial charge in [-0.15, -0.1) is 0 Å². The van der Waals surface area contributed by atoms with Crippen molar-refractivity contribution in [2.24, 2.45) is 0 Å². The minimum Gasteiger partial charge on any atom is -0.312 e. The number of likely N-dealkylation sites (tertiary alicyclic amines) is 1. The number of nitriles is 1. The largest absolute Gasteiger partial charge is 0.312 e. The summed E-state index contributed by atoms with van der Waals surface area (Å²) in [5.74, 6) is 0. The van der Waals surface area contributed by atoms with E-state index in [1.165, 1.54) is 45.2 Å². The molecule has 2 atom stereocenters. The van der Waals surface area contributed by atoms with Crippen molar-refractivity contribution in [2.75, 3.05) is 19.6 Å². The Labute approximate surface area is 92.4 Å². The zero-order valence-corrected chi connectivity index (χ0v) is 9.41. The monoisotopic (exact) mass is 207 g/mol. The lowest BCUT2D eigenvalue weighted by Crippen LogP contribution is -2.50. The zero-order valence-electron chi connectivity index (χ0n) is 9.41. The molecule has 0 aromatic heterocycles. The van der Waals surface area contributed by atoms with E-state index >= 15 is 0 Å². The quantitative estimate of drug-likeness (QED) is 0.762. The summed E-state index contributed by atoms with van der Waals surface area (Å²) < 4.78 is 0. The lowest BCUT2D eigenvalue weighted by atomic mass is 9.94. The van der Waals surface area contributed by atoms with Crippen LogP contribution < -0.4 is 5.32 Å². The standard InChI is InChI=1S/C12H21N3/c13-7-4-10-15-9-2-1-6-12(15)11-5-3-8-14-11/h11-12,14H,1-6,8-10H2. The van der Waals surface area contributed by atoms with Crippen molar-refractivity contribution in [1.29, 1.82) is 5.26 Å². The van der Waals surface area contributed by atoms with Crippen LogP contribution >= 0.6 is 0 Å². The first-order valence-electron chi connectivity index (χ1n) is 6.26. The van der Waals surface area contributed by atoms with E-state index in [9.17, 15) is 0 Å². The molecule has 1 N–H and O–H groups in total. The summed E-state index contributed by atoms with van der Waals surface area (Å²) in [5.41, 5.74) is 0. The van der Waals surface area contributed by atoms with Crippen LogP contribution in [0, 0.1) is 11.3 Å². The van der Waals surface area contributed by atoms with Crippen molar-refractivity contribution >= 4 is 0 Å². The Morgan fingerprint density at radius 3 is 2.93 bits per heavy atom. The summed E-state index contributed by atoms with van der Waals surface area (Å²) in [6, 6.07) is 3.67. The maximum atomic E-state index is 8.66. The Morgan fingerprint density at radius 2 is 2.20 bits per heavy atom. The summed E-state index contributed by atoms with van der Waals surface area (Å²) in [6.45, 7) is 3.36. The average Bonchev–Trinajstić information content (AvgIpc) is 2.80. The second kappa shape index (κ2) is 5.48. The van der Waals surface area contributed by atoms with Crippen LogP contribution in [0.3, 0.4) is 0 Å². The van der Waals surface area contributed by atoms with Crippen molar-refractivity contribution < 1.29 is 0 Å². The molecule has 2 saturated heterocycles. The molecule has 0 spiro atoms. The molecule has 2 aliphatic rings. The normalized spacial score (nSPS) is 32.7. The van der Waals surface area contributed by atoms with Gasteiger partial charge in [0.05, 0.1) is 6.07 Å². The van der Waals surface area contributed by atoms with Crippen LogP contribution in [0.25, 0.3) is 0 Å². The molecule has 2 heterocycles. The second-order valence-electron chi connectivity index (χ2n) is 4.71. The van der Waals surface area contributed by atoms with Gasteiger partial charge in [0.1, 0.15) is 0 Å². The Hall–Kier alpha value is -0.590. The zero-order chi connectivity index (χ0) is 10.5. The molecular weight excluding hydrogens is 186 g/mol. The van der Waals surface area contributed by atoms with Crippen molar-refractivity contribution in [3.05, 3.63) is 0 Å². The predicted molar refractivity (Wildman–Crippen MR) is 60.5 cm³/mol. The molecule has 0 aromatic rings. The molecule has 2 unspecified atom stereocenters. The van der Waals surface area contributed by atoms with Crippen molar-refractivity contribution in [3.63, 3.8) is 0 Å². The van der Waals surface area contributed by atoms with E-state index in [4.69, 9.17) is 5.26 Å². The average molecular weight is 207 g/mol. The minimum absolute atomic E-state index is 0.684. The fourth-order valence-corrected chi connectivity index (χ4v) is 2.98. The van der Waals surface area contributed by atoms with Gasteiger partial charge in [-0.2, -0.15) is 5.26 Å². The fourth-order valence-electron chi connectivity index (χ4n) is 2.98. The molecule has 2 fully saturated rings. The first-order valence-corrected chi connectivity index (χ1v) is 6.26. The highest BCUT2D eigenvalue weighted by molar-refractivity contribution is 4.91. The highest BCUT2D eigenvalue weighted by atomic mass is 15.2. The van der Waals surface area contributed by atoms with Gasteiger partial charge < -0.3 is 5.32 Å². The van der Waals surface area contributed by atoms with Crippen LogP contribution in [-0.2, 0) is 0 Å². The van der Waals surface area contributed by atoms with E-state index in [0.29, 0.717) is 18.5 Å². The number of rotatable bonds is 3. The van der Waals surface area contributed by atoms with Crippen LogP contribution in [0.5, 0.6) is 0 Å². The van der Waals surface area contributed by atoms with E-state index in [0.717, 1.165) is 6.54 Å². The molecular formula is C12H21N3. The van der Waals surface area contributed by atoms with Gasteiger partial charge in [0, 0.05) is 25.0 Å². The fraction of sp³-hybridized carbons (Fsp3) is 0.917. The number of piperidine rings is 1. The molecule has 0 bridgehead atoms. The summed E-state index contributed by atoms with van der Waals surface area (Å²) in [7, 11) is 0. The van der Waals surface area contributed by atoms with Gasteiger partial charge in [0.25, 0.3) is 0 Å². The Balaban J connectivity index is 1.90. The topological polar surface area (TPSA) is 39.1 Å². The van der Waals surface area contributed by atoms with E-state index in [-0.39, 0.29) is 0 Å². The third-order valence-corrected chi connectivity index (χ3v) is 3.74. The van der Waals surface area contributed by atoms with E-state index in [2.05, 4.69) is 16.3 Å². The van der Waals surface area contributed by atoms with Gasteiger partial charge in [-0.05, 0) is 38.8 Å². The third kappa shape index (κ3) is 2.70. The maximum absolute atomic E-state index is 8.66. The van der Waals surface area contributed by atoms with Gasteiger partial charge in [0.15, 0.2) is 0 Å². The van der Waals surface area contributed by atoms with Gasteiger partial charge in [0.2, 0.25) is 0 Å². The predicted octanol–water partition coefficient (Wildman–Crippen LogP) is 1.51. The first-order chi connectivity index (χ1) is 7.42. The van der Waals surface area contributed by atoms with Gasteiger partial charge in [-0.3, -0.25) is 4.90 Å². The van der Waals surface area contributed by atoms with Crippen molar-refractivity contribution in [3.8, 4) is 6.07 Å². The molecule has 0 aliphatic carbocycles. The minimum atomic E-state index is 0.684. The third-order valence-electron chi connectivity index (χ3n) is 3.74. The van der Waals surface area contributed by atoms with E-state index in [1.54, 1.807) is 0 Å². The van der Waals surface area contributed by atoms with Crippen molar-refractivity contribution in [1.82, 2.24) is 10.2 Å². The SMILES string of the molecule is N#CCCN1CCCCC1C1CCCN1. The Morgan fingerprint density at radius 1 is 1.27 bits per heavy atom. The number of hydrogen-bond donors (Lipinski definition) is 1. The Bertz CT molecular complexity index is 228. The summed E-state index contributed by atoms with van der Waals surface area (Å²) >= 11 is 0. The van der Waals surface area contributed by atoms with Crippen LogP contribution in [0.2, 0.25) is 0 Å². The highest BCUT2D eigenvalue weighted by Crippen LogP contribution is 2.24. The molecule has 0 saturated carbocycles. The van der Waals surface area contributed by atoms with Crippen molar-refractivity contribution in [2.45, 2.75) is 50.6 Å². The van der Waals surface area contributed by atoms with Gasteiger partial charge in [-0.1, -0.05) is 6.42 Å². The lowest BCUT2D eigenvalue weighted by molar-refractivity contribution is 0.123. The smallest absolute Gasteiger partial charge is 0.0635 e. The molecule has 2 aliphatic heterocycles. The molecule has 0 amide bonds. The number of nitrogens with zero attached hydrogens (tertiary/aromatic N) is 2. The molecule has 3 heteroatoms. The van der Waals surface area contributed by atoms with E-state index < -0.39 is 0 Å². The maximum Gasteiger partial charge on any atom is 0.0635 e. The molecule has 0 radical (unpaired) electrons. The molecule has 3 nitrogen and oxygen atoms in total. The summed E-state index contributed by atoms with van der Waals surface area (Å²) in [6.07, 6.45) is 7.34.